The van der Waals surface area contributed by atoms with E-state index in [0.717, 1.165) is 34.3 Å². The summed E-state index contributed by atoms with van der Waals surface area (Å²) in [5.74, 6) is 0.984. The number of para-hydroxylation sites is 1. The van der Waals surface area contributed by atoms with Crippen molar-refractivity contribution in [3.63, 3.8) is 0 Å². The molecule has 0 radical (unpaired) electrons. The summed E-state index contributed by atoms with van der Waals surface area (Å²) in [7, 11) is 0. The molecule has 1 unspecified atom stereocenters. The molecule has 1 aromatic heterocycles. The van der Waals surface area contributed by atoms with Crippen molar-refractivity contribution < 1.29 is 4.42 Å². The van der Waals surface area contributed by atoms with Gasteiger partial charge in [0.15, 0.2) is 0 Å². The van der Waals surface area contributed by atoms with Crippen molar-refractivity contribution in [3.05, 3.63) is 69.0 Å². The second-order valence-electron chi connectivity index (χ2n) is 4.82. The standard InChI is InChI=1S/C17H16INO/c1-2-14-16(13-8-3-4-9-15(13)20-14)17(19)11-6-5-7-12(18)10-11/h3-10,17H,2,19H2,1H3. The highest BCUT2D eigenvalue weighted by Gasteiger charge is 2.20. The van der Waals surface area contributed by atoms with E-state index in [4.69, 9.17) is 10.2 Å². The highest BCUT2D eigenvalue weighted by Crippen LogP contribution is 2.33. The summed E-state index contributed by atoms with van der Waals surface area (Å²) in [5, 5.41) is 1.12. The van der Waals surface area contributed by atoms with E-state index in [2.05, 4.69) is 53.8 Å². The number of aryl methyl sites for hydroxylation is 1. The van der Waals surface area contributed by atoms with E-state index < -0.39 is 0 Å². The summed E-state index contributed by atoms with van der Waals surface area (Å²) >= 11 is 2.31. The third-order valence-electron chi connectivity index (χ3n) is 3.55. The first-order valence-corrected chi connectivity index (χ1v) is 7.80. The molecule has 0 aliphatic rings. The molecule has 0 saturated carbocycles. The molecule has 1 heterocycles. The fourth-order valence-corrected chi connectivity index (χ4v) is 3.15. The van der Waals surface area contributed by atoms with E-state index in [1.54, 1.807) is 0 Å². The zero-order valence-electron chi connectivity index (χ0n) is 11.3. The second kappa shape index (κ2) is 5.58. The largest absolute Gasteiger partial charge is 0.461 e. The van der Waals surface area contributed by atoms with E-state index in [9.17, 15) is 0 Å². The Hall–Kier alpha value is -1.33. The molecule has 0 fully saturated rings. The number of fused-ring (bicyclic) bond motifs is 1. The lowest BCUT2D eigenvalue weighted by Crippen LogP contribution is -2.13. The van der Waals surface area contributed by atoms with E-state index in [-0.39, 0.29) is 6.04 Å². The molecule has 1 atom stereocenters. The Labute approximate surface area is 132 Å². The van der Waals surface area contributed by atoms with Crippen LogP contribution >= 0.6 is 22.6 Å². The van der Waals surface area contributed by atoms with Crippen LogP contribution in [0.4, 0.5) is 0 Å². The predicted octanol–water partition coefficient (Wildman–Crippen LogP) is 4.65. The van der Waals surface area contributed by atoms with Crippen molar-refractivity contribution >= 4 is 33.6 Å². The van der Waals surface area contributed by atoms with Gasteiger partial charge in [-0.2, -0.15) is 0 Å². The minimum Gasteiger partial charge on any atom is -0.461 e. The van der Waals surface area contributed by atoms with Gasteiger partial charge in [0.2, 0.25) is 0 Å². The van der Waals surface area contributed by atoms with Crippen LogP contribution in [0.25, 0.3) is 11.0 Å². The van der Waals surface area contributed by atoms with Crippen LogP contribution in [0, 0.1) is 3.57 Å². The number of hydrogen-bond donors (Lipinski definition) is 1. The molecule has 0 spiro atoms. The van der Waals surface area contributed by atoms with Crippen LogP contribution in [0.1, 0.15) is 29.9 Å². The molecular weight excluding hydrogens is 361 g/mol. The maximum Gasteiger partial charge on any atom is 0.134 e. The molecule has 20 heavy (non-hydrogen) atoms. The van der Waals surface area contributed by atoms with Gasteiger partial charge in [-0.05, 0) is 46.4 Å². The van der Waals surface area contributed by atoms with Crippen molar-refractivity contribution in [2.24, 2.45) is 5.73 Å². The summed E-state index contributed by atoms with van der Waals surface area (Å²) in [6.07, 6.45) is 0.849. The van der Waals surface area contributed by atoms with Crippen LogP contribution in [0.5, 0.6) is 0 Å². The molecule has 3 heteroatoms. The van der Waals surface area contributed by atoms with Crippen LogP contribution in [0.15, 0.2) is 52.9 Å². The predicted molar refractivity (Wildman–Crippen MR) is 90.8 cm³/mol. The van der Waals surface area contributed by atoms with Crippen LogP contribution in [0.2, 0.25) is 0 Å². The maximum absolute atomic E-state index is 6.51. The van der Waals surface area contributed by atoms with Crippen molar-refractivity contribution in [2.75, 3.05) is 0 Å². The van der Waals surface area contributed by atoms with Crippen molar-refractivity contribution in [2.45, 2.75) is 19.4 Å². The lowest BCUT2D eigenvalue weighted by Gasteiger charge is -2.13. The summed E-state index contributed by atoms with van der Waals surface area (Å²) in [4.78, 5) is 0. The number of nitrogens with two attached hydrogens (primary N) is 1. The molecule has 3 rings (SSSR count). The van der Waals surface area contributed by atoms with Gasteiger partial charge in [0.05, 0.1) is 6.04 Å². The van der Waals surface area contributed by atoms with E-state index >= 15 is 0 Å². The highest BCUT2D eigenvalue weighted by atomic mass is 127. The Morgan fingerprint density at radius 2 is 1.95 bits per heavy atom. The average Bonchev–Trinajstić information content (AvgIpc) is 2.85. The molecule has 0 aliphatic heterocycles. The lowest BCUT2D eigenvalue weighted by molar-refractivity contribution is 0.546. The van der Waals surface area contributed by atoms with Gasteiger partial charge in [-0.3, -0.25) is 0 Å². The molecule has 0 saturated heterocycles. The monoisotopic (exact) mass is 377 g/mol. The smallest absolute Gasteiger partial charge is 0.134 e. The number of benzene rings is 2. The third kappa shape index (κ3) is 2.36. The Morgan fingerprint density at radius 3 is 2.70 bits per heavy atom. The van der Waals surface area contributed by atoms with Crippen LogP contribution in [0.3, 0.4) is 0 Å². The highest BCUT2D eigenvalue weighted by molar-refractivity contribution is 14.1. The molecule has 0 bridgehead atoms. The first-order chi connectivity index (χ1) is 9.70. The molecule has 3 aromatic rings. The molecule has 102 valence electrons. The molecule has 0 amide bonds. The van der Waals surface area contributed by atoms with E-state index in [1.807, 2.05) is 24.3 Å². The van der Waals surface area contributed by atoms with Gasteiger partial charge in [0, 0.05) is 20.9 Å². The van der Waals surface area contributed by atoms with Crippen molar-refractivity contribution in [3.8, 4) is 0 Å². The zero-order chi connectivity index (χ0) is 14.1. The Bertz CT molecular complexity index is 748. The summed E-state index contributed by atoms with van der Waals surface area (Å²) in [6.45, 7) is 2.10. The van der Waals surface area contributed by atoms with Gasteiger partial charge in [-0.1, -0.05) is 37.3 Å². The summed E-state index contributed by atoms with van der Waals surface area (Å²) in [6, 6.07) is 16.3. The molecule has 2 aromatic carbocycles. The van der Waals surface area contributed by atoms with Crippen LogP contribution in [-0.4, -0.2) is 0 Å². The zero-order valence-corrected chi connectivity index (χ0v) is 13.4. The van der Waals surface area contributed by atoms with Crippen molar-refractivity contribution in [1.82, 2.24) is 0 Å². The minimum absolute atomic E-state index is 0.150. The van der Waals surface area contributed by atoms with Gasteiger partial charge >= 0.3 is 0 Å². The van der Waals surface area contributed by atoms with Crippen LogP contribution in [-0.2, 0) is 6.42 Å². The van der Waals surface area contributed by atoms with Gasteiger partial charge in [-0.15, -0.1) is 0 Å². The molecule has 2 nitrogen and oxygen atoms in total. The topological polar surface area (TPSA) is 39.2 Å². The van der Waals surface area contributed by atoms with Gasteiger partial charge < -0.3 is 10.2 Å². The summed E-state index contributed by atoms with van der Waals surface area (Å²) < 4.78 is 7.14. The second-order valence-corrected chi connectivity index (χ2v) is 6.07. The molecule has 0 aliphatic carbocycles. The van der Waals surface area contributed by atoms with Gasteiger partial charge in [0.25, 0.3) is 0 Å². The first-order valence-electron chi connectivity index (χ1n) is 6.72. The lowest BCUT2D eigenvalue weighted by atomic mass is 9.96. The average molecular weight is 377 g/mol. The normalized spacial score (nSPS) is 12.8. The third-order valence-corrected chi connectivity index (χ3v) is 4.22. The maximum atomic E-state index is 6.51. The minimum atomic E-state index is -0.150. The number of furan rings is 1. The Balaban J connectivity index is 2.17. The molecular formula is C17H16INO. The Morgan fingerprint density at radius 1 is 1.15 bits per heavy atom. The molecule has 2 N–H and O–H groups in total. The fraction of sp³-hybridized carbons (Fsp3) is 0.176. The van der Waals surface area contributed by atoms with Gasteiger partial charge in [0.1, 0.15) is 11.3 Å². The van der Waals surface area contributed by atoms with Crippen LogP contribution < -0.4 is 5.73 Å². The van der Waals surface area contributed by atoms with Gasteiger partial charge in [-0.25, -0.2) is 0 Å². The fourth-order valence-electron chi connectivity index (χ4n) is 2.59. The van der Waals surface area contributed by atoms with E-state index in [0.29, 0.717) is 0 Å². The summed E-state index contributed by atoms with van der Waals surface area (Å²) in [5.41, 5.74) is 9.66. The number of halogens is 1. The quantitative estimate of drug-likeness (QED) is 0.675. The van der Waals surface area contributed by atoms with E-state index in [1.165, 1.54) is 3.57 Å². The van der Waals surface area contributed by atoms with Crippen molar-refractivity contribution in [1.29, 1.82) is 0 Å². The Kier molecular flexibility index (Phi) is 3.81. The first kappa shape index (κ1) is 13.6. The number of hydrogen-bond acceptors (Lipinski definition) is 2. The SMILES string of the molecule is CCc1oc2ccccc2c1C(N)c1cccc(I)c1. The number of rotatable bonds is 3.